The van der Waals surface area contributed by atoms with Crippen molar-refractivity contribution in [3.05, 3.63) is 34.9 Å². The first-order valence-corrected chi connectivity index (χ1v) is 8.06. The van der Waals surface area contributed by atoms with Crippen LogP contribution in [0.15, 0.2) is 18.2 Å². The third kappa shape index (κ3) is 3.39. The molecule has 0 saturated heterocycles. The fourth-order valence-electron chi connectivity index (χ4n) is 3.08. The van der Waals surface area contributed by atoms with Crippen molar-refractivity contribution in [1.29, 1.82) is 0 Å². The van der Waals surface area contributed by atoms with E-state index in [1.807, 2.05) is 0 Å². The summed E-state index contributed by atoms with van der Waals surface area (Å²) < 4.78 is 0. The second-order valence-electron chi connectivity index (χ2n) is 6.05. The molecule has 0 aromatic heterocycles. The highest BCUT2D eigenvalue weighted by Gasteiger charge is 2.40. The topological polar surface area (TPSA) is 12.0 Å². The maximum atomic E-state index is 3.80. The highest BCUT2D eigenvalue weighted by atomic mass is 14.9. The molecule has 3 atom stereocenters. The molecule has 0 bridgehead atoms. The molecule has 2 rings (SSSR count). The van der Waals surface area contributed by atoms with Gasteiger partial charge < -0.3 is 5.32 Å². The van der Waals surface area contributed by atoms with Crippen LogP contribution in [-0.4, -0.2) is 6.54 Å². The zero-order valence-corrected chi connectivity index (χ0v) is 13.0. The molecule has 1 nitrogen and oxygen atoms in total. The van der Waals surface area contributed by atoms with Crippen LogP contribution in [0.5, 0.6) is 0 Å². The van der Waals surface area contributed by atoms with Gasteiger partial charge in [0.25, 0.3) is 0 Å². The molecular weight excluding hydrogens is 230 g/mol. The predicted molar refractivity (Wildman–Crippen MR) is 83.5 cm³/mol. The first kappa shape index (κ1) is 14.6. The molecule has 1 fully saturated rings. The molecule has 1 saturated carbocycles. The largest absolute Gasteiger partial charge is 0.310 e. The fraction of sp³-hybridized carbons (Fsp3) is 0.667. The number of hydrogen-bond acceptors (Lipinski definition) is 1. The molecule has 0 amide bonds. The van der Waals surface area contributed by atoms with Gasteiger partial charge in [0, 0.05) is 6.04 Å². The lowest BCUT2D eigenvalue weighted by atomic mass is 9.92. The van der Waals surface area contributed by atoms with Crippen LogP contribution in [0.4, 0.5) is 0 Å². The van der Waals surface area contributed by atoms with Crippen molar-refractivity contribution >= 4 is 0 Å². The quantitative estimate of drug-likeness (QED) is 0.760. The molecule has 1 aliphatic carbocycles. The van der Waals surface area contributed by atoms with Gasteiger partial charge in [0.1, 0.15) is 0 Å². The summed E-state index contributed by atoms with van der Waals surface area (Å²) in [6.45, 7) is 10.3. The normalized spacial score (nSPS) is 23.4. The van der Waals surface area contributed by atoms with E-state index in [4.69, 9.17) is 0 Å². The Hall–Kier alpha value is -0.820. The number of aryl methyl sites for hydroxylation is 2. The number of benzene rings is 1. The molecule has 0 heterocycles. The van der Waals surface area contributed by atoms with Crippen LogP contribution in [0.2, 0.25) is 0 Å². The maximum Gasteiger partial charge on any atom is 0.0354 e. The van der Waals surface area contributed by atoms with E-state index in [0.717, 1.165) is 31.2 Å². The van der Waals surface area contributed by atoms with Crippen molar-refractivity contribution in [2.24, 2.45) is 11.8 Å². The van der Waals surface area contributed by atoms with Gasteiger partial charge in [-0.3, -0.25) is 0 Å². The second kappa shape index (κ2) is 6.56. The Kier molecular flexibility index (Phi) is 5.04. The molecule has 1 N–H and O–H groups in total. The Balaban J connectivity index is 2.28. The molecule has 1 aromatic rings. The van der Waals surface area contributed by atoms with E-state index in [1.165, 1.54) is 24.0 Å². The minimum Gasteiger partial charge on any atom is -0.310 e. The SMILES string of the molecule is CCCNC(c1cc(CC)ccc1CC)C1CC1C. The number of rotatable bonds is 7. The second-order valence-corrected chi connectivity index (χ2v) is 6.05. The lowest BCUT2D eigenvalue weighted by Gasteiger charge is -2.23. The van der Waals surface area contributed by atoms with Gasteiger partial charge in [0.05, 0.1) is 0 Å². The van der Waals surface area contributed by atoms with Gasteiger partial charge in [0.2, 0.25) is 0 Å². The molecule has 1 aliphatic rings. The monoisotopic (exact) mass is 259 g/mol. The predicted octanol–water partition coefficient (Wildman–Crippen LogP) is 4.51. The third-order valence-electron chi connectivity index (χ3n) is 4.55. The van der Waals surface area contributed by atoms with Gasteiger partial charge in [0.15, 0.2) is 0 Å². The first-order valence-electron chi connectivity index (χ1n) is 8.06. The van der Waals surface area contributed by atoms with Crippen molar-refractivity contribution in [3.63, 3.8) is 0 Å². The van der Waals surface area contributed by atoms with Gasteiger partial charge in [-0.2, -0.15) is 0 Å². The van der Waals surface area contributed by atoms with E-state index in [2.05, 4.69) is 51.2 Å². The number of nitrogens with one attached hydrogen (secondary N) is 1. The maximum absolute atomic E-state index is 3.80. The highest BCUT2D eigenvalue weighted by Crippen LogP contribution is 2.47. The molecule has 3 unspecified atom stereocenters. The van der Waals surface area contributed by atoms with Crippen molar-refractivity contribution in [1.82, 2.24) is 5.32 Å². The van der Waals surface area contributed by atoms with E-state index in [1.54, 1.807) is 5.56 Å². The Morgan fingerprint density at radius 2 is 1.95 bits per heavy atom. The van der Waals surface area contributed by atoms with Crippen molar-refractivity contribution in [2.75, 3.05) is 6.54 Å². The van der Waals surface area contributed by atoms with Crippen LogP contribution in [0.3, 0.4) is 0 Å². The summed E-state index contributed by atoms with van der Waals surface area (Å²) in [5, 5.41) is 3.80. The Labute approximate surface area is 118 Å². The van der Waals surface area contributed by atoms with Crippen LogP contribution >= 0.6 is 0 Å². The summed E-state index contributed by atoms with van der Waals surface area (Å²) in [7, 11) is 0. The first-order chi connectivity index (χ1) is 9.21. The highest BCUT2D eigenvalue weighted by molar-refractivity contribution is 5.36. The summed E-state index contributed by atoms with van der Waals surface area (Å²) in [6.07, 6.45) is 4.88. The van der Waals surface area contributed by atoms with E-state index in [9.17, 15) is 0 Å². The van der Waals surface area contributed by atoms with E-state index >= 15 is 0 Å². The Morgan fingerprint density at radius 1 is 1.21 bits per heavy atom. The van der Waals surface area contributed by atoms with Crippen LogP contribution in [-0.2, 0) is 12.8 Å². The van der Waals surface area contributed by atoms with E-state index < -0.39 is 0 Å². The van der Waals surface area contributed by atoms with Gasteiger partial charge in [-0.25, -0.2) is 0 Å². The van der Waals surface area contributed by atoms with Crippen LogP contribution in [0.1, 0.15) is 63.3 Å². The Bertz CT molecular complexity index is 410. The fourth-order valence-corrected chi connectivity index (χ4v) is 3.08. The number of hydrogen-bond donors (Lipinski definition) is 1. The minimum absolute atomic E-state index is 0.580. The average molecular weight is 259 g/mol. The average Bonchev–Trinajstić information content (AvgIpc) is 3.16. The van der Waals surface area contributed by atoms with Crippen molar-refractivity contribution in [2.45, 2.75) is 59.4 Å². The smallest absolute Gasteiger partial charge is 0.0354 e. The Morgan fingerprint density at radius 3 is 2.47 bits per heavy atom. The molecule has 1 aromatic carbocycles. The van der Waals surface area contributed by atoms with Gasteiger partial charge in [-0.15, -0.1) is 0 Å². The molecule has 0 spiro atoms. The van der Waals surface area contributed by atoms with Gasteiger partial charge >= 0.3 is 0 Å². The van der Waals surface area contributed by atoms with Crippen LogP contribution in [0, 0.1) is 11.8 Å². The standard InChI is InChI=1S/C18H29N/c1-5-10-19-18(16-11-13(16)4)17-12-14(6-2)8-9-15(17)7-3/h8-9,12-13,16,18-19H,5-7,10-11H2,1-4H3. The molecule has 1 heteroatoms. The summed E-state index contributed by atoms with van der Waals surface area (Å²) in [6, 6.07) is 7.69. The molecule has 0 radical (unpaired) electrons. The molecular formula is C18H29N. The van der Waals surface area contributed by atoms with Crippen molar-refractivity contribution < 1.29 is 0 Å². The lowest BCUT2D eigenvalue weighted by molar-refractivity contribution is 0.460. The summed E-state index contributed by atoms with van der Waals surface area (Å²) >= 11 is 0. The van der Waals surface area contributed by atoms with E-state index in [0.29, 0.717) is 6.04 Å². The van der Waals surface area contributed by atoms with E-state index in [-0.39, 0.29) is 0 Å². The minimum atomic E-state index is 0.580. The van der Waals surface area contributed by atoms with Crippen LogP contribution < -0.4 is 5.32 Å². The lowest BCUT2D eigenvalue weighted by Crippen LogP contribution is -2.25. The summed E-state index contributed by atoms with van der Waals surface area (Å²) in [4.78, 5) is 0. The molecule has 0 aliphatic heterocycles. The zero-order valence-electron chi connectivity index (χ0n) is 13.0. The zero-order chi connectivity index (χ0) is 13.8. The third-order valence-corrected chi connectivity index (χ3v) is 4.55. The summed E-state index contributed by atoms with van der Waals surface area (Å²) in [5.74, 6) is 1.74. The summed E-state index contributed by atoms with van der Waals surface area (Å²) in [5.41, 5.74) is 4.58. The molecule has 19 heavy (non-hydrogen) atoms. The van der Waals surface area contributed by atoms with Crippen molar-refractivity contribution in [3.8, 4) is 0 Å². The van der Waals surface area contributed by atoms with Gasteiger partial charge in [-0.1, -0.05) is 45.9 Å². The van der Waals surface area contributed by atoms with Crippen LogP contribution in [0.25, 0.3) is 0 Å². The van der Waals surface area contributed by atoms with Gasteiger partial charge in [-0.05, 0) is 60.8 Å². The molecule has 106 valence electrons.